The molecule has 3 heterocycles. The molecule has 0 amide bonds. The molecule has 0 saturated heterocycles. The zero-order valence-electron chi connectivity index (χ0n) is 45.4. The Morgan fingerprint density at radius 3 is 1.48 bits per heavy atom. The molecule has 69 heavy (non-hydrogen) atoms. The van der Waals surface area contributed by atoms with Gasteiger partial charge >= 0.3 is 0 Å². The van der Waals surface area contributed by atoms with Crippen molar-refractivity contribution in [1.82, 2.24) is 0 Å². The molecule has 4 heteroatoms. The molecule has 4 aliphatic rings. The molecule has 1 fully saturated rings. The lowest BCUT2D eigenvalue weighted by Crippen LogP contribution is -2.61. The quantitative estimate of drug-likeness (QED) is 0.164. The van der Waals surface area contributed by atoms with Crippen LogP contribution >= 0.6 is 0 Å². The van der Waals surface area contributed by atoms with Crippen LogP contribution in [-0.2, 0) is 32.5 Å². The molecule has 6 aromatic rings. The summed E-state index contributed by atoms with van der Waals surface area (Å²) in [7, 11) is 0. The molecule has 10 rings (SSSR count). The third-order valence-electron chi connectivity index (χ3n) is 17.2. The molecular weight excluding hydrogens is 834 g/mol. The molecule has 2 unspecified atom stereocenters. The Bertz CT molecular complexity index is 2990. The SMILES string of the molecule is CC(C)(C)c1ccc(N2c3cc(N4c5ccc(C(C)(C)C)cc5C5(C)CCCCCC45C)ccc3B3c4ccc(C(C)(C)C)cc4N(c4cccc(C(C)(C)C)c4)c4cc(C(C)(C)C)cc2c43)cc1. The van der Waals surface area contributed by atoms with Crippen LogP contribution in [0.3, 0.4) is 0 Å². The van der Waals surface area contributed by atoms with Gasteiger partial charge in [-0.1, -0.05) is 185 Å². The van der Waals surface area contributed by atoms with Crippen molar-refractivity contribution in [3.05, 3.63) is 149 Å². The largest absolute Gasteiger partial charge is 0.334 e. The minimum Gasteiger partial charge on any atom is -0.334 e. The van der Waals surface area contributed by atoms with Crippen LogP contribution < -0.4 is 31.1 Å². The summed E-state index contributed by atoms with van der Waals surface area (Å²) in [6.07, 6.45) is 6.18. The summed E-state index contributed by atoms with van der Waals surface area (Å²) in [6, 6.07) is 46.6. The van der Waals surface area contributed by atoms with Crippen LogP contribution in [0.2, 0.25) is 0 Å². The van der Waals surface area contributed by atoms with Crippen LogP contribution in [-0.4, -0.2) is 12.3 Å². The monoisotopic (exact) mass is 914 g/mol. The van der Waals surface area contributed by atoms with Gasteiger partial charge in [-0.05, 0) is 157 Å². The third-order valence-corrected chi connectivity index (χ3v) is 17.2. The van der Waals surface area contributed by atoms with Crippen LogP contribution in [0.5, 0.6) is 0 Å². The summed E-state index contributed by atoms with van der Waals surface area (Å²) in [6.45, 7) is 40.5. The van der Waals surface area contributed by atoms with E-state index in [1.807, 2.05) is 0 Å². The summed E-state index contributed by atoms with van der Waals surface area (Å²) in [5.41, 5.74) is 22.5. The summed E-state index contributed by atoms with van der Waals surface area (Å²) in [5, 5.41) is 0. The fourth-order valence-corrected chi connectivity index (χ4v) is 12.6. The van der Waals surface area contributed by atoms with Gasteiger partial charge < -0.3 is 14.7 Å². The number of hydrogen-bond acceptors (Lipinski definition) is 3. The molecule has 3 nitrogen and oxygen atoms in total. The van der Waals surface area contributed by atoms with Crippen molar-refractivity contribution in [1.29, 1.82) is 0 Å². The molecule has 0 spiro atoms. The second kappa shape index (κ2) is 15.6. The molecule has 3 aliphatic heterocycles. The van der Waals surface area contributed by atoms with Gasteiger partial charge in [0.25, 0.3) is 6.71 Å². The van der Waals surface area contributed by atoms with Gasteiger partial charge in [0, 0.05) is 50.9 Å². The van der Waals surface area contributed by atoms with E-state index in [4.69, 9.17) is 0 Å². The maximum atomic E-state index is 2.81. The van der Waals surface area contributed by atoms with Crippen molar-refractivity contribution < 1.29 is 0 Å². The summed E-state index contributed by atoms with van der Waals surface area (Å²) < 4.78 is 0. The molecule has 1 saturated carbocycles. The van der Waals surface area contributed by atoms with E-state index in [0.717, 1.165) is 6.42 Å². The van der Waals surface area contributed by atoms with Gasteiger partial charge in [0.15, 0.2) is 0 Å². The number of nitrogens with zero attached hydrogens (tertiary/aromatic N) is 3. The fraction of sp³-hybridized carbons (Fsp3) is 0.446. The lowest BCUT2D eigenvalue weighted by atomic mass is 9.33. The Morgan fingerprint density at radius 2 is 0.870 bits per heavy atom. The van der Waals surface area contributed by atoms with Gasteiger partial charge in [0.2, 0.25) is 0 Å². The topological polar surface area (TPSA) is 9.72 Å². The first kappa shape index (κ1) is 47.5. The number of hydrogen-bond donors (Lipinski definition) is 0. The second-order valence-electron chi connectivity index (χ2n) is 27.1. The normalized spacial score (nSPS) is 20.2. The smallest absolute Gasteiger partial charge is 0.252 e. The molecule has 0 bridgehead atoms. The Morgan fingerprint density at radius 1 is 0.391 bits per heavy atom. The van der Waals surface area contributed by atoms with E-state index in [1.54, 1.807) is 0 Å². The van der Waals surface area contributed by atoms with E-state index < -0.39 is 0 Å². The number of rotatable bonds is 3. The molecule has 0 radical (unpaired) electrons. The first-order valence-electron chi connectivity index (χ1n) is 26.3. The van der Waals surface area contributed by atoms with Crippen molar-refractivity contribution in [3.63, 3.8) is 0 Å². The van der Waals surface area contributed by atoms with Gasteiger partial charge in [0.05, 0.1) is 5.54 Å². The highest BCUT2D eigenvalue weighted by Gasteiger charge is 2.57. The van der Waals surface area contributed by atoms with Gasteiger partial charge in [-0.3, -0.25) is 0 Å². The van der Waals surface area contributed by atoms with Crippen LogP contribution in [0.15, 0.2) is 115 Å². The Balaban J connectivity index is 1.29. The van der Waals surface area contributed by atoms with E-state index in [-0.39, 0.29) is 44.7 Å². The van der Waals surface area contributed by atoms with E-state index in [1.165, 1.54) is 121 Å². The molecule has 1 aliphatic carbocycles. The molecule has 6 aromatic carbocycles. The van der Waals surface area contributed by atoms with Gasteiger partial charge in [-0.2, -0.15) is 0 Å². The van der Waals surface area contributed by atoms with E-state index in [0.29, 0.717) is 0 Å². The van der Waals surface area contributed by atoms with Crippen molar-refractivity contribution in [3.8, 4) is 0 Å². The van der Waals surface area contributed by atoms with E-state index in [9.17, 15) is 0 Å². The number of fused-ring (bicyclic) bond motifs is 7. The minimum absolute atomic E-state index is 0.000234. The van der Waals surface area contributed by atoms with Gasteiger partial charge in [-0.25, -0.2) is 0 Å². The number of anilines is 8. The van der Waals surface area contributed by atoms with Crippen LogP contribution in [0, 0.1) is 0 Å². The highest BCUT2D eigenvalue weighted by atomic mass is 15.3. The molecule has 2 atom stereocenters. The lowest BCUT2D eigenvalue weighted by molar-refractivity contribution is 0.261. The van der Waals surface area contributed by atoms with Crippen molar-refractivity contribution in [2.75, 3.05) is 14.7 Å². The molecular formula is C65H80BN3. The maximum absolute atomic E-state index is 2.81. The maximum Gasteiger partial charge on any atom is 0.252 e. The predicted octanol–water partition coefficient (Wildman–Crippen LogP) is 16.4. The summed E-state index contributed by atoms with van der Waals surface area (Å²) in [4.78, 5) is 8.09. The minimum atomic E-state index is -0.110. The lowest BCUT2D eigenvalue weighted by Gasteiger charge is -2.48. The average Bonchev–Trinajstić information content (AvgIpc) is 3.33. The standard InChI is InChI=1S/C65H80BN3/c1-59(2,3)42-24-28-47(29-25-42)67-55-41-49(69-53-33-27-44(61(7,8)9)37-50(53)64(16)34-19-18-20-35-65(64,69)17)30-32-52(55)66-51-31-26-45(62(10,11)12)38-54(51)68(48-23-21-22-43(36-48)60(4,5)6)57-40-46(63(13,14)15)39-56(67)58(57)66/h21-33,36-41H,18-20,34-35H2,1-17H3. The highest BCUT2D eigenvalue weighted by Crippen LogP contribution is 2.61. The third kappa shape index (κ3) is 7.59. The van der Waals surface area contributed by atoms with Crippen LogP contribution in [0.25, 0.3) is 0 Å². The first-order valence-corrected chi connectivity index (χ1v) is 26.3. The average molecular weight is 914 g/mol. The van der Waals surface area contributed by atoms with Crippen molar-refractivity contribution >= 4 is 68.6 Å². The van der Waals surface area contributed by atoms with E-state index >= 15 is 0 Å². The Hall–Kier alpha value is -5.22. The molecule has 0 N–H and O–H groups in total. The second-order valence-corrected chi connectivity index (χ2v) is 27.1. The molecule has 358 valence electrons. The van der Waals surface area contributed by atoms with Crippen LogP contribution in [0.4, 0.5) is 45.5 Å². The summed E-state index contributed by atoms with van der Waals surface area (Å²) >= 11 is 0. The van der Waals surface area contributed by atoms with Crippen molar-refractivity contribution in [2.45, 2.75) is 188 Å². The first-order chi connectivity index (χ1) is 32.1. The van der Waals surface area contributed by atoms with Crippen molar-refractivity contribution in [2.24, 2.45) is 0 Å². The zero-order chi connectivity index (χ0) is 49.6. The predicted molar refractivity (Wildman–Crippen MR) is 301 cm³/mol. The van der Waals surface area contributed by atoms with Crippen LogP contribution in [0.1, 0.15) is 183 Å². The number of benzene rings is 6. The Labute approximate surface area is 417 Å². The zero-order valence-corrected chi connectivity index (χ0v) is 45.4. The molecule has 0 aromatic heterocycles. The van der Waals surface area contributed by atoms with Gasteiger partial charge in [0.1, 0.15) is 0 Å². The van der Waals surface area contributed by atoms with Gasteiger partial charge in [-0.15, -0.1) is 0 Å². The highest BCUT2D eigenvalue weighted by molar-refractivity contribution is 7.00. The summed E-state index contributed by atoms with van der Waals surface area (Å²) in [5.74, 6) is 0. The fourth-order valence-electron chi connectivity index (χ4n) is 12.6. The Kier molecular flexibility index (Phi) is 10.8. The van der Waals surface area contributed by atoms with E-state index in [2.05, 4.69) is 248 Å².